The molecule has 0 aliphatic carbocycles. The Labute approximate surface area is 480 Å². The molecule has 3 saturated heterocycles. The summed E-state index contributed by atoms with van der Waals surface area (Å²) in [5.41, 5.74) is -11.9. The van der Waals surface area contributed by atoms with Crippen LogP contribution in [0.3, 0.4) is 0 Å². The summed E-state index contributed by atoms with van der Waals surface area (Å²) in [6.07, 6.45) is 0.197. The molecule has 0 radical (unpaired) electrons. The van der Waals surface area contributed by atoms with Crippen molar-refractivity contribution in [2.45, 2.75) is 79.5 Å². The van der Waals surface area contributed by atoms with Gasteiger partial charge in [-0.25, -0.2) is 0 Å². The number of aliphatic hydroxyl groups excluding tert-OH is 2. The summed E-state index contributed by atoms with van der Waals surface area (Å²) in [5.74, 6) is 3.38. The Balaban J connectivity index is 0.000000547. The van der Waals surface area contributed by atoms with Crippen molar-refractivity contribution in [1.29, 1.82) is 0 Å². The van der Waals surface area contributed by atoms with Gasteiger partial charge >= 0.3 is 46.9 Å². The van der Waals surface area contributed by atoms with Gasteiger partial charge in [0.2, 0.25) is 0 Å². The van der Waals surface area contributed by atoms with Crippen LogP contribution in [-0.4, -0.2) is 157 Å². The van der Waals surface area contributed by atoms with Crippen molar-refractivity contribution < 1.29 is 164 Å². The summed E-state index contributed by atoms with van der Waals surface area (Å²) in [5, 5.41) is 16.7. The van der Waals surface area contributed by atoms with Gasteiger partial charge in [0.1, 0.15) is 73.8 Å². The van der Waals surface area contributed by atoms with Gasteiger partial charge in [0.25, 0.3) is 0 Å². The molecule has 3 aliphatic heterocycles. The fourth-order valence-electron chi connectivity index (χ4n) is 5.70. The fourth-order valence-corrected chi connectivity index (χ4v) is 5.70. The van der Waals surface area contributed by atoms with Crippen LogP contribution in [0.2, 0.25) is 0 Å². The molecule has 19 nitrogen and oxygen atoms in total. The minimum Gasteiger partial charge on any atom is -0.491 e. The van der Waals surface area contributed by atoms with Gasteiger partial charge in [0.15, 0.2) is 0 Å². The van der Waals surface area contributed by atoms with Crippen molar-refractivity contribution in [1.82, 2.24) is 0 Å². The monoisotopic (exact) mass is 1360 g/mol. The van der Waals surface area contributed by atoms with Gasteiger partial charge in [-0.3, -0.25) is 13.7 Å². The second-order valence-corrected chi connectivity index (χ2v) is 21.6. The van der Waals surface area contributed by atoms with E-state index in [9.17, 15) is 44.6 Å². The Kier molecular flexibility index (Phi) is 29.3. The number of alkyl halides is 9. The number of epoxide rings is 3. The standard InChI is InChI=1S/C22H28O5.C21H24O4.3CHF3O3S.CH4O.Er/c1-22(2,17-6-10-20(11-7-17)26-14-21-15-27-21)16-4-8-19(9-5-16)25-13-18(23)12-24-3;1-21(2,15-3-7-17(8-4-15)22-11-19-13-24-19)16-5-9-18(10-6-16)23-12-20-14-25-20;3*2-1(3,4)8(5,6)7;1-2;/h4-11,18,21,23H,12-15H2,1-3H3;3-10,19-20H,11-14H2,1-2H3;3*(H,5,6,7);2H,1H3;/t18-,21?;;;;;;/m0....../s1. The summed E-state index contributed by atoms with van der Waals surface area (Å²) in [6.45, 7) is 13.6. The van der Waals surface area contributed by atoms with Crippen molar-refractivity contribution in [3.05, 3.63) is 119 Å². The molecule has 32 heteroatoms. The second-order valence-electron chi connectivity index (χ2n) is 17.3. The van der Waals surface area contributed by atoms with Gasteiger partial charge in [0.05, 0.1) is 26.4 Å². The molecule has 4 atom stereocenters. The average Bonchev–Trinajstić information content (AvgIpc) is 4.19. The smallest absolute Gasteiger partial charge is 0.491 e. The molecular formula is C47H59ErF9O19S3. The third kappa shape index (κ3) is 27.2. The minimum absolute atomic E-state index is 0. The van der Waals surface area contributed by atoms with E-state index in [2.05, 4.69) is 76.2 Å². The Hall–Kier alpha value is -3.81. The van der Waals surface area contributed by atoms with E-state index in [1.807, 2.05) is 48.5 Å². The Morgan fingerprint density at radius 2 is 0.646 bits per heavy atom. The predicted octanol–water partition coefficient (Wildman–Crippen LogP) is 7.53. The van der Waals surface area contributed by atoms with E-state index >= 15 is 0 Å². The van der Waals surface area contributed by atoms with Crippen LogP contribution in [-0.2, 0) is 60.1 Å². The summed E-state index contributed by atoms with van der Waals surface area (Å²) in [6, 6.07) is 32.9. The number of hydrogen-bond donors (Lipinski definition) is 5. The zero-order chi connectivity index (χ0) is 59.6. The number of aliphatic hydroxyl groups is 2. The van der Waals surface area contributed by atoms with Crippen LogP contribution in [0.15, 0.2) is 97.1 Å². The molecule has 3 heterocycles. The van der Waals surface area contributed by atoms with Crippen molar-refractivity contribution in [2.75, 3.05) is 67.1 Å². The molecule has 0 aromatic heterocycles. The first kappa shape index (κ1) is 73.2. The van der Waals surface area contributed by atoms with Gasteiger partial charge in [0, 0.05) is 62.4 Å². The van der Waals surface area contributed by atoms with Gasteiger partial charge in [-0.15, -0.1) is 0 Å². The van der Waals surface area contributed by atoms with Gasteiger partial charge in [-0.1, -0.05) is 76.2 Å². The quantitative estimate of drug-likeness (QED) is 0.0278. The molecule has 4 aromatic rings. The van der Waals surface area contributed by atoms with E-state index in [0.29, 0.717) is 19.8 Å². The third-order valence-corrected chi connectivity index (χ3v) is 12.3. The molecule has 3 unspecified atom stereocenters. The number of ether oxygens (including phenoxy) is 8. The van der Waals surface area contributed by atoms with Crippen LogP contribution in [0.1, 0.15) is 49.9 Å². The molecule has 7 rings (SSSR count). The van der Waals surface area contributed by atoms with Crippen LogP contribution in [0, 0.1) is 37.3 Å². The molecule has 0 bridgehead atoms. The normalized spacial score (nSPS) is 17.1. The first-order valence-electron chi connectivity index (χ1n) is 22.4. The van der Waals surface area contributed by atoms with E-state index in [-0.39, 0.29) is 79.7 Å². The van der Waals surface area contributed by atoms with Crippen molar-refractivity contribution in [3.63, 3.8) is 0 Å². The molecule has 0 amide bonds. The van der Waals surface area contributed by atoms with E-state index in [1.54, 1.807) is 7.11 Å². The van der Waals surface area contributed by atoms with Crippen molar-refractivity contribution in [2.24, 2.45) is 0 Å². The van der Waals surface area contributed by atoms with Crippen LogP contribution in [0.4, 0.5) is 39.5 Å². The van der Waals surface area contributed by atoms with E-state index < -0.39 is 53.0 Å². The van der Waals surface area contributed by atoms with E-state index in [1.165, 1.54) is 22.3 Å². The van der Waals surface area contributed by atoms with Crippen LogP contribution in [0.5, 0.6) is 23.0 Å². The maximum absolute atomic E-state index is 10.7. The van der Waals surface area contributed by atoms with Crippen molar-refractivity contribution >= 4 is 30.4 Å². The fraction of sp³-hybridized carbons (Fsp3) is 0.489. The van der Waals surface area contributed by atoms with Crippen molar-refractivity contribution in [3.8, 4) is 23.0 Å². The largest absolute Gasteiger partial charge is 0.522 e. The first-order valence-corrected chi connectivity index (χ1v) is 26.7. The van der Waals surface area contributed by atoms with Gasteiger partial charge < -0.3 is 48.1 Å². The molecule has 454 valence electrons. The topological polar surface area (TPSA) is 287 Å². The summed E-state index contributed by atoms with van der Waals surface area (Å²) in [4.78, 5) is 0. The third-order valence-electron chi connectivity index (χ3n) is 10.5. The first-order chi connectivity index (χ1) is 35.8. The maximum Gasteiger partial charge on any atom is 0.522 e. The molecule has 3 aliphatic rings. The minimum atomic E-state index is -5.84. The summed E-state index contributed by atoms with van der Waals surface area (Å²) in [7, 11) is -15.0. The van der Waals surface area contributed by atoms with Gasteiger partial charge in [-0.2, -0.15) is 64.8 Å². The van der Waals surface area contributed by atoms with Crippen LogP contribution >= 0.6 is 0 Å². The number of rotatable bonds is 18. The molecule has 4 aromatic carbocycles. The summed E-state index contributed by atoms with van der Waals surface area (Å²) >= 11 is 0. The SMILES string of the molecule is CC(C)(c1ccc(OCC2CO2)cc1)c1ccc(OCC2CO2)cc1.CO.COC[C@H](O)COc1ccc(C(C)(C)c2ccc(OCC3CO3)cc2)cc1.O=S(=O)(O)C(F)(F)F.O=S(=O)(O)C(F)(F)F.O=S(=O)(O)C(F)(F)F.[Er]. The van der Waals surface area contributed by atoms with Crippen LogP contribution in [0.25, 0.3) is 0 Å². The summed E-state index contributed by atoms with van der Waals surface area (Å²) < 4.78 is 216. The van der Waals surface area contributed by atoms with Crippen LogP contribution < -0.4 is 18.9 Å². The van der Waals surface area contributed by atoms with Gasteiger partial charge in [-0.05, 0) is 70.8 Å². The zero-order valence-electron chi connectivity index (χ0n) is 42.6. The number of benzene rings is 4. The molecule has 0 spiro atoms. The van der Waals surface area contributed by atoms with E-state index in [4.69, 9.17) is 81.9 Å². The molecule has 79 heavy (non-hydrogen) atoms. The Bertz CT molecular complexity index is 2580. The average molecular weight is 1360 g/mol. The maximum atomic E-state index is 10.7. The predicted molar refractivity (Wildman–Crippen MR) is 260 cm³/mol. The number of methoxy groups -OCH3 is 1. The molecule has 0 saturated carbocycles. The molecule has 5 N–H and O–H groups in total. The Morgan fingerprint density at radius 1 is 0.456 bits per heavy atom. The zero-order valence-corrected chi connectivity index (χ0v) is 46.9. The second kappa shape index (κ2) is 31.6. The molecular weight excluding hydrogens is 1300 g/mol. The van der Waals surface area contributed by atoms with E-state index in [0.717, 1.165) is 49.9 Å². The Morgan fingerprint density at radius 3 is 0.810 bits per heavy atom. The number of hydrogen-bond acceptors (Lipinski definition) is 16. The number of halogens is 9. The molecule has 3 fully saturated rings.